The van der Waals surface area contributed by atoms with E-state index in [2.05, 4.69) is 30.7 Å². The van der Waals surface area contributed by atoms with Gasteiger partial charge in [0.2, 0.25) is 0 Å². The van der Waals surface area contributed by atoms with Gasteiger partial charge in [0.1, 0.15) is 0 Å². The van der Waals surface area contributed by atoms with Crippen molar-refractivity contribution in [3.8, 4) is 0 Å². The molecule has 0 aromatic rings. The third-order valence-corrected chi connectivity index (χ3v) is 2.97. The Morgan fingerprint density at radius 3 is 2.53 bits per heavy atom. The van der Waals surface area contributed by atoms with Crippen LogP contribution in [0.15, 0.2) is 0 Å². The van der Waals surface area contributed by atoms with Crippen LogP contribution in [0, 0.1) is 13.8 Å². The van der Waals surface area contributed by atoms with Crippen LogP contribution in [-0.4, -0.2) is 61.8 Å². The first-order valence-electron chi connectivity index (χ1n) is 5.35. The molecule has 2 rings (SSSR count). The Labute approximate surface area is 108 Å². The molecule has 0 aromatic heterocycles. The standard InChI is InChI=1S/C9H17N2O.C2H5.W/c1-3-11-6-8-9(7-11)12-5-4-10(8)2;1-2;/h8-9H,1,3-7H2,2H3;1H2,2H3;/q2*-1;+2. The van der Waals surface area contributed by atoms with E-state index in [1.165, 1.54) is 0 Å². The number of ether oxygens (including phenoxy) is 1. The van der Waals surface area contributed by atoms with Crippen molar-refractivity contribution < 1.29 is 25.8 Å². The second-order valence-electron chi connectivity index (χ2n) is 3.72. The smallest absolute Gasteiger partial charge is 0.374 e. The average molecular weight is 382 g/mol. The van der Waals surface area contributed by atoms with Gasteiger partial charge in [-0.25, -0.2) is 0 Å². The van der Waals surface area contributed by atoms with Crippen molar-refractivity contribution in [3.63, 3.8) is 0 Å². The summed E-state index contributed by atoms with van der Waals surface area (Å²) in [6, 6.07) is 0.612. The van der Waals surface area contributed by atoms with Crippen molar-refractivity contribution in [1.82, 2.24) is 9.80 Å². The van der Waals surface area contributed by atoms with Gasteiger partial charge in [0.05, 0.1) is 12.7 Å². The van der Waals surface area contributed by atoms with Gasteiger partial charge in [0.25, 0.3) is 0 Å². The van der Waals surface area contributed by atoms with Crippen LogP contribution in [0.3, 0.4) is 0 Å². The maximum Gasteiger partial charge on any atom is 2.00 e. The molecule has 0 N–H and O–H groups in total. The molecular weight excluding hydrogens is 360 g/mol. The number of nitrogens with zero attached hydrogens (tertiary/aromatic N) is 2. The van der Waals surface area contributed by atoms with Crippen LogP contribution in [-0.2, 0) is 25.8 Å². The molecule has 0 aromatic carbocycles. The molecule has 2 aliphatic rings. The topological polar surface area (TPSA) is 15.7 Å². The Bertz CT molecular complexity index is 169. The molecule has 2 unspecified atom stereocenters. The number of hydrogen-bond donors (Lipinski definition) is 0. The van der Waals surface area contributed by atoms with E-state index in [1.54, 1.807) is 6.92 Å². The fourth-order valence-corrected chi connectivity index (χ4v) is 2.12. The van der Waals surface area contributed by atoms with E-state index < -0.39 is 0 Å². The predicted octanol–water partition coefficient (Wildman–Crippen LogP) is 0.673. The van der Waals surface area contributed by atoms with Crippen molar-refractivity contribution in [2.24, 2.45) is 0 Å². The molecule has 2 atom stereocenters. The third-order valence-electron chi connectivity index (χ3n) is 2.97. The zero-order valence-electron chi connectivity index (χ0n) is 9.82. The van der Waals surface area contributed by atoms with E-state index in [9.17, 15) is 0 Å². The maximum absolute atomic E-state index is 5.69. The molecule has 0 radical (unpaired) electrons. The summed E-state index contributed by atoms with van der Waals surface area (Å²) in [5.74, 6) is 0. The summed E-state index contributed by atoms with van der Waals surface area (Å²) >= 11 is 0. The Kier molecular flexibility index (Phi) is 8.07. The van der Waals surface area contributed by atoms with Crippen LogP contribution in [0.4, 0.5) is 0 Å². The van der Waals surface area contributed by atoms with Gasteiger partial charge in [-0.3, -0.25) is 4.90 Å². The molecule has 2 heterocycles. The molecule has 0 aliphatic carbocycles. The number of fused-ring (bicyclic) bond motifs is 1. The van der Waals surface area contributed by atoms with Gasteiger partial charge in [-0.1, -0.05) is 0 Å². The molecule has 0 spiro atoms. The molecule has 15 heavy (non-hydrogen) atoms. The predicted molar refractivity (Wildman–Crippen MR) is 59.0 cm³/mol. The molecule has 0 amide bonds. The average Bonchev–Trinajstić information content (AvgIpc) is 2.65. The normalized spacial score (nSPS) is 31.2. The monoisotopic (exact) mass is 382 g/mol. The van der Waals surface area contributed by atoms with Crippen LogP contribution >= 0.6 is 0 Å². The van der Waals surface area contributed by atoms with Crippen LogP contribution in [0.25, 0.3) is 0 Å². The van der Waals surface area contributed by atoms with Crippen molar-refractivity contribution in [2.75, 3.05) is 39.8 Å². The summed E-state index contributed by atoms with van der Waals surface area (Å²) in [5.41, 5.74) is 0. The van der Waals surface area contributed by atoms with Crippen LogP contribution in [0.5, 0.6) is 0 Å². The largest absolute Gasteiger partial charge is 2.00 e. The van der Waals surface area contributed by atoms with Gasteiger partial charge in [-0.2, -0.15) is 6.92 Å². The van der Waals surface area contributed by atoms with Crippen molar-refractivity contribution in [1.29, 1.82) is 0 Å². The van der Waals surface area contributed by atoms with Gasteiger partial charge in [-0.05, 0) is 7.05 Å². The fraction of sp³-hybridized carbons (Fsp3) is 0.818. The Hall–Kier alpha value is 0.568. The minimum Gasteiger partial charge on any atom is -0.374 e. The van der Waals surface area contributed by atoms with Crippen molar-refractivity contribution in [2.45, 2.75) is 19.1 Å². The first-order chi connectivity index (χ1) is 6.81. The first kappa shape index (κ1) is 15.6. The van der Waals surface area contributed by atoms with Gasteiger partial charge in [0.15, 0.2) is 0 Å². The minimum atomic E-state index is 0. The molecule has 2 fully saturated rings. The maximum atomic E-state index is 5.69. The van der Waals surface area contributed by atoms with Crippen molar-refractivity contribution >= 4 is 0 Å². The number of likely N-dealkylation sites (tertiary alicyclic amines) is 1. The van der Waals surface area contributed by atoms with E-state index in [0.717, 1.165) is 32.8 Å². The molecule has 0 saturated carbocycles. The van der Waals surface area contributed by atoms with Crippen molar-refractivity contribution in [3.05, 3.63) is 13.8 Å². The second kappa shape index (κ2) is 7.78. The second-order valence-corrected chi connectivity index (χ2v) is 3.72. The fourth-order valence-electron chi connectivity index (χ4n) is 2.12. The third kappa shape index (κ3) is 3.81. The molecule has 88 valence electrons. The number of hydrogen-bond acceptors (Lipinski definition) is 3. The zero-order valence-corrected chi connectivity index (χ0v) is 12.7. The van der Waals surface area contributed by atoms with Crippen LogP contribution in [0.2, 0.25) is 0 Å². The number of likely N-dealkylation sites (N-methyl/N-ethyl adjacent to an activating group) is 1. The summed E-state index contributed by atoms with van der Waals surface area (Å²) in [7, 11) is 2.19. The summed E-state index contributed by atoms with van der Waals surface area (Å²) in [4.78, 5) is 4.76. The summed E-state index contributed by atoms with van der Waals surface area (Å²) in [6.07, 6.45) is 0.436. The van der Waals surface area contributed by atoms with Crippen LogP contribution in [0.1, 0.15) is 6.92 Å². The van der Waals surface area contributed by atoms with E-state index >= 15 is 0 Å². The summed E-state index contributed by atoms with van der Waals surface area (Å²) < 4.78 is 5.69. The molecular formula is C11H22N2OW. The minimum absolute atomic E-state index is 0. The van der Waals surface area contributed by atoms with Gasteiger partial charge in [-0.15, -0.1) is 6.54 Å². The number of morpholine rings is 1. The molecule has 4 heteroatoms. The Balaban J connectivity index is 0.000000617. The SMILES string of the molecule is [CH2-]C.[CH2-]CN1CC2OCCN(C)C2C1.[W+2]. The first-order valence-corrected chi connectivity index (χ1v) is 5.35. The van der Waals surface area contributed by atoms with Crippen LogP contribution < -0.4 is 0 Å². The summed E-state index contributed by atoms with van der Waals surface area (Å²) in [5, 5.41) is 0. The summed E-state index contributed by atoms with van der Waals surface area (Å²) in [6.45, 7) is 14.0. The quantitative estimate of drug-likeness (QED) is 0.621. The van der Waals surface area contributed by atoms with E-state index in [-0.39, 0.29) is 21.1 Å². The number of rotatable bonds is 1. The van der Waals surface area contributed by atoms with E-state index in [4.69, 9.17) is 4.74 Å². The molecule has 3 nitrogen and oxygen atoms in total. The Morgan fingerprint density at radius 2 is 2.00 bits per heavy atom. The Morgan fingerprint density at radius 1 is 1.33 bits per heavy atom. The van der Waals surface area contributed by atoms with Gasteiger partial charge >= 0.3 is 21.1 Å². The van der Waals surface area contributed by atoms with Gasteiger partial charge < -0.3 is 23.5 Å². The molecule has 2 saturated heterocycles. The van der Waals surface area contributed by atoms with E-state index in [1.807, 2.05) is 0 Å². The van der Waals surface area contributed by atoms with E-state index in [0.29, 0.717) is 12.1 Å². The molecule has 2 aliphatic heterocycles. The zero-order chi connectivity index (χ0) is 10.6. The van der Waals surface area contributed by atoms with Gasteiger partial charge in [0, 0.05) is 25.7 Å². The molecule has 0 bridgehead atoms.